The van der Waals surface area contributed by atoms with Crippen molar-refractivity contribution in [3.8, 4) is 5.75 Å². The molecule has 3 N–H and O–H groups in total. The topological polar surface area (TPSA) is 103 Å². The lowest BCUT2D eigenvalue weighted by atomic mass is 10.1. The van der Waals surface area contributed by atoms with Crippen LogP contribution in [0.3, 0.4) is 0 Å². The molecule has 0 bridgehead atoms. The molecule has 2 saturated heterocycles. The smallest absolute Gasteiger partial charge is 0.323 e. The first-order chi connectivity index (χ1) is 18.9. The highest BCUT2D eigenvalue weighted by molar-refractivity contribution is 5.99. The number of anilines is 3. The van der Waals surface area contributed by atoms with Crippen molar-refractivity contribution in [2.24, 2.45) is 5.92 Å². The van der Waals surface area contributed by atoms with Gasteiger partial charge in [0, 0.05) is 50.2 Å². The quantitative estimate of drug-likeness (QED) is 0.460. The van der Waals surface area contributed by atoms with Crippen LogP contribution in [0.5, 0.6) is 5.75 Å². The summed E-state index contributed by atoms with van der Waals surface area (Å²) in [6.07, 6.45) is 7.60. The molecule has 2 aliphatic heterocycles. The number of carbonyl (C=O) groups is 3. The van der Waals surface area contributed by atoms with Crippen LogP contribution >= 0.6 is 0 Å². The molecule has 5 rings (SSSR count). The Kier molecular flexibility index (Phi) is 8.54. The molecule has 3 fully saturated rings. The largest absolute Gasteiger partial charge is 0.490 e. The zero-order valence-electron chi connectivity index (χ0n) is 22.7. The first-order valence-electron chi connectivity index (χ1n) is 14.2. The minimum atomic E-state index is -0.327. The van der Waals surface area contributed by atoms with Crippen molar-refractivity contribution in [2.75, 3.05) is 41.7 Å². The molecule has 0 radical (unpaired) electrons. The standard InChI is InChI=1S/C30H39N5O4/c1-21(36)35-17-4-7-28(35)29(37)31-19-22-16-18-34(20-22)25-12-8-23(9-13-25)32-30(38)33-24-10-14-27(15-11-24)39-26-5-2-3-6-26/h8-15,22,26,28H,2-7,16-20H2,1H3,(H,31,37)(H2,32,33,38). The second-order valence-electron chi connectivity index (χ2n) is 10.9. The van der Waals surface area contributed by atoms with Crippen molar-refractivity contribution in [3.63, 3.8) is 0 Å². The summed E-state index contributed by atoms with van der Waals surface area (Å²) in [5.41, 5.74) is 2.51. The minimum absolute atomic E-state index is 0.0337. The Morgan fingerprint density at radius 3 is 2.18 bits per heavy atom. The zero-order valence-corrected chi connectivity index (χ0v) is 22.7. The van der Waals surface area contributed by atoms with Gasteiger partial charge in [-0.15, -0.1) is 0 Å². The first-order valence-corrected chi connectivity index (χ1v) is 14.2. The molecule has 3 aliphatic rings. The Labute approximate surface area is 230 Å². The first kappa shape index (κ1) is 26.8. The molecular weight excluding hydrogens is 494 g/mol. The second kappa shape index (κ2) is 12.4. The maximum absolute atomic E-state index is 12.6. The van der Waals surface area contributed by atoms with E-state index in [0.717, 1.165) is 56.6 Å². The van der Waals surface area contributed by atoms with Crippen LogP contribution < -0.4 is 25.6 Å². The van der Waals surface area contributed by atoms with E-state index >= 15 is 0 Å². The fraction of sp³-hybridized carbons (Fsp3) is 0.500. The van der Waals surface area contributed by atoms with Gasteiger partial charge in [-0.2, -0.15) is 0 Å². The highest BCUT2D eigenvalue weighted by atomic mass is 16.5. The molecule has 208 valence electrons. The number of ether oxygens (including phenoxy) is 1. The third-order valence-electron chi connectivity index (χ3n) is 8.02. The normalized spacial score (nSPS) is 21.2. The fourth-order valence-corrected chi connectivity index (χ4v) is 5.88. The van der Waals surface area contributed by atoms with E-state index in [1.54, 1.807) is 4.90 Å². The van der Waals surface area contributed by atoms with Crippen LogP contribution in [0.4, 0.5) is 21.9 Å². The highest BCUT2D eigenvalue weighted by Crippen LogP contribution is 2.27. The summed E-state index contributed by atoms with van der Waals surface area (Å²) in [5.74, 6) is 1.12. The monoisotopic (exact) mass is 533 g/mol. The fourth-order valence-electron chi connectivity index (χ4n) is 5.88. The molecule has 39 heavy (non-hydrogen) atoms. The molecule has 9 nitrogen and oxygen atoms in total. The van der Waals surface area contributed by atoms with Gasteiger partial charge >= 0.3 is 6.03 Å². The molecule has 0 aromatic heterocycles. The van der Waals surface area contributed by atoms with E-state index in [1.807, 2.05) is 48.5 Å². The lowest BCUT2D eigenvalue weighted by Gasteiger charge is -2.23. The van der Waals surface area contributed by atoms with Crippen molar-refractivity contribution < 1.29 is 19.1 Å². The predicted molar refractivity (Wildman–Crippen MR) is 152 cm³/mol. The molecule has 4 amide bonds. The van der Waals surface area contributed by atoms with Crippen molar-refractivity contribution in [1.82, 2.24) is 10.2 Å². The second-order valence-corrected chi connectivity index (χ2v) is 10.9. The SMILES string of the molecule is CC(=O)N1CCCC1C(=O)NCC1CCN(c2ccc(NC(=O)Nc3ccc(OC4CCCC4)cc3)cc2)C1. The average Bonchev–Trinajstić information content (AvgIpc) is 3.71. The third kappa shape index (κ3) is 7.02. The molecule has 2 heterocycles. The number of hydrogen-bond donors (Lipinski definition) is 3. The molecule has 2 aromatic carbocycles. The van der Waals surface area contributed by atoms with Crippen LogP contribution in [0.25, 0.3) is 0 Å². The highest BCUT2D eigenvalue weighted by Gasteiger charge is 2.33. The summed E-state index contributed by atoms with van der Waals surface area (Å²) >= 11 is 0. The van der Waals surface area contributed by atoms with Gasteiger partial charge in [-0.05, 0) is 99.4 Å². The lowest BCUT2D eigenvalue weighted by molar-refractivity contribution is -0.136. The Balaban J connectivity index is 1.05. The van der Waals surface area contributed by atoms with Gasteiger partial charge in [0.05, 0.1) is 6.10 Å². The maximum atomic E-state index is 12.6. The molecule has 2 atom stereocenters. The van der Waals surface area contributed by atoms with Gasteiger partial charge in [-0.1, -0.05) is 0 Å². The van der Waals surface area contributed by atoms with E-state index in [4.69, 9.17) is 4.74 Å². The van der Waals surface area contributed by atoms with Crippen LogP contribution in [0.2, 0.25) is 0 Å². The number of carbonyl (C=O) groups excluding carboxylic acids is 3. The van der Waals surface area contributed by atoms with Crippen LogP contribution in [0, 0.1) is 5.92 Å². The van der Waals surface area contributed by atoms with Gasteiger partial charge in [-0.3, -0.25) is 9.59 Å². The molecule has 0 spiro atoms. The number of urea groups is 1. The number of likely N-dealkylation sites (tertiary alicyclic amines) is 1. The number of nitrogens with zero attached hydrogens (tertiary/aromatic N) is 2. The van der Waals surface area contributed by atoms with E-state index < -0.39 is 0 Å². The Hall–Kier alpha value is -3.75. The van der Waals surface area contributed by atoms with Gasteiger partial charge in [0.25, 0.3) is 0 Å². The van der Waals surface area contributed by atoms with Gasteiger partial charge < -0.3 is 30.5 Å². The van der Waals surface area contributed by atoms with Crippen molar-refractivity contribution in [1.29, 1.82) is 0 Å². The van der Waals surface area contributed by atoms with E-state index in [1.165, 1.54) is 19.8 Å². The van der Waals surface area contributed by atoms with Crippen molar-refractivity contribution in [3.05, 3.63) is 48.5 Å². The van der Waals surface area contributed by atoms with Gasteiger partial charge in [0.1, 0.15) is 11.8 Å². The molecule has 1 saturated carbocycles. The molecule has 1 aliphatic carbocycles. The third-order valence-corrected chi connectivity index (χ3v) is 8.02. The molecular formula is C30H39N5O4. The zero-order chi connectivity index (χ0) is 27.2. The Morgan fingerprint density at radius 1 is 0.846 bits per heavy atom. The van der Waals surface area contributed by atoms with Crippen molar-refractivity contribution in [2.45, 2.75) is 64.0 Å². The number of benzene rings is 2. The van der Waals surface area contributed by atoms with E-state index in [2.05, 4.69) is 20.9 Å². The van der Waals surface area contributed by atoms with Crippen LogP contribution in [0.1, 0.15) is 51.9 Å². The van der Waals surface area contributed by atoms with Gasteiger partial charge in [-0.25, -0.2) is 4.79 Å². The summed E-state index contributed by atoms with van der Waals surface area (Å²) in [7, 11) is 0. The van der Waals surface area contributed by atoms with Crippen molar-refractivity contribution >= 4 is 34.9 Å². The number of amides is 4. The Morgan fingerprint density at radius 2 is 1.51 bits per heavy atom. The summed E-state index contributed by atoms with van der Waals surface area (Å²) < 4.78 is 5.98. The summed E-state index contributed by atoms with van der Waals surface area (Å²) in [4.78, 5) is 40.8. The van der Waals surface area contributed by atoms with E-state index in [9.17, 15) is 14.4 Å². The van der Waals surface area contributed by atoms with Gasteiger partial charge in [0.15, 0.2) is 0 Å². The van der Waals surface area contributed by atoms with E-state index in [0.29, 0.717) is 36.5 Å². The maximum Gasteiger partial charge on any atom is 0.323 e. The summed E-state index contributed by atoms with van der Waals surface area (Å²) in [5, 5.41) is 8.82. The van der Waals surface area contributed by atoms with E-state index in [-0.39, 0.29) is 23.9 Å². The number of hydrogen-bond acceptors (Lipinski definition) is 5. The van der Waals surface area contributed by atoms with Gasteiger partial charge in [0.2, 0.25) is 11.8 Å². The molecule has 9 heteroatoms. The minimum Gasteiger partial charge on any atom is -0.490 e. The van der Waals surface area contributed by atoms with Crippen LogP contribution in [-0.4, -0.2) is 61.1 Å². The average molecular weight is 534 g/mol. The van der Waals surface area contributed by atoms with Crippen LogP contribution in [-0.2, 0) is 9.59 Å². The summed E-state index contributed by atoms with van der Waals surface area (Å²) in [6.45, 7) is 4.58. The molecule has 2 aromatic rings. The summed E-state index contributed by atoms with van der Waals surface area (Å²) in [6, 6.07) is 14.7. The predicted octanol–water partition coefficient (Wildman–Crippen LogP) is 4.61. The Bertz CT molecular complexity index is 1150. The number of rotatable bonds is 8. The van der Waals surface area contributed by atoms with Crippen LogP contribution in [0.15, 0.2) is 48.5 Å². The molecule has 2 unspecified atom stereocenters. The number of nitrogens with one attached hydrogen (secondary N) is 3. The lowest BCUT2D eigenvalue weighted by Crippen LogP contribution is -2.46.